The number of hydrogen-bond acceptors (Lipinski definition) is 7. The molecule has 154 valence electrons. The molecule has 1 aromatic carbocycles. The summed E-state index contributed by atoms with van der Waals surface area (Å²) >= 11 is 1.22. The van der Waals surface area contributed by atoms with Crippen molar-refractivity contribution in [2.75, 3.05) is 12.8 Å². The molecular weight excluding hydrogens is 394 g/mol. The van der Waals surface area contributed by atoms with Crippen molar-refractivity contribution >= 4 is 29.7 Å². The Morgan fingerprint density at radius 1 is 1.24 bits per heavy atom. The molecule has 3 rings (SSSR count). The molecule has 2 N–H and O–H groups in total. The van der Waals surface area contributed by atoms with Crippen molar-refractivity contribution < 1.29 is 19.1 Å². The number of nitrogens with zero attached hydrogens (tertiary/aromatic N) is 3. The molecule has 1 heterocycles. The van der Waals surface area contributed by atoms with Crippen LogP contribution in [0, 0.1) is 0 Å². The summed E-state index contributed by atoms with van der Waals surface area (Å²) in [5.74, 6) is 0.0709. The lowest BCUT2D eigenvalue weighted by Gasteiger charge is -2.13. The van der Waals surface area contributed by atoms with E-state index in [1.807, 2.05) is 34.9 Å². The lowest BCUT2D eigenvalue weighted by Crippen LogP contribution is -2.43. The first kappa shape index (κ1) is 20.8. The molecule has 2 aromatic rings. The Morgan fingerprint density at radius 2 is 1.97 bits per heavy atom. The van der Waals surface area contributed by atoms with Crippen molar-refractivity contribution in [2.45, 2.75) is 43.5 Å². The quantitative estimate of drug-likeness (QED) is 0.496. The van der Waals surface area contributed by atoms with E-state index in [9.17, 15) is 14.4 Å². The van der Waals surface area contributed by atoms with Crippen LogP contribution in [-0.2, 0) is 20.9 Å². The van der Waals surface area contributed by atoms with Gasteiger partial charge in [-0.05, 0) is 25.3 Å². The summed E-state index contributed by atoms with van der Waals surface area (Å²) in [5, 5.41) is 13.5. The van der Waals surface area contributed by atoms with Crippen molar-refractivity contribution in [3.05, 3.63) is 41.7 Å². The minimum atomic E-state index is -1.08. The van der Waals surface area contributed by atoms with Gasteiger partial charge in [-0.25, -0.2) is 4.79 Å². The largest absolute Gasteiger partial charge is 0.452 e. The molecule has 0 radical (unpaired) electrons. The number of aromatic nitrogens is 3. The fourth-order valence-electron chi connectivity index (χ4n) is 2.65. The molecule has 1 fully saturated rings. The summed E-state index contributed by atoms with van der Waals surface area (Å²) in [6.07, 6.45) is 1.11. The fraction of sp³-hybridized carbons (Fsp3) is 0.421. The summed E-state index contributed by atoms with van der Waals surface area (Å²) in [5.41, 5.74) is 1.12. The van der Waals surface area contributed by atoms with Crippen LogP contribution in [0.1, 0.15) is 37.1 Å². The molecule has 0 bridgehead atoms. The van der Waals surface area contributed by atoms with Gasteiger partial charge in [-0.15, -0.1) is 10.2 Å². The summed E-state index contributed by atoms with van der Waals surface area (Å²) in [6.45, 7) is 2.03. The maximum atomic E-state index is 12.1. The maximum absolute atomic E-state index is 12.1. The predicted octanol–water partition coefficient (Wildman–Crippen LogP) is 1.68. The molecule has 1 saturated carbocycles. The molecule has 10 heteroatoms. The Kier molecular flexibility index (Phi) is 6.86. The Morgan fingerprint density at radius 3 is 2.62 bits per heavy atom. The number of ether oxygens (including phenoxy) is 1. The molecule has 1 aliphatic carbocycles. The number of benzene rings is 1. The van der Waals surface area contributed by atoms with E-state index in [4.69, 9.17) is 4.74 Å². The van der Waals surface area contributed by atoms with E-state index in [0.29, 0.717) is 17.6 Å². The van der Waals surface area contributed by atoms with Crippen LogP contribution in [0.25, 0.3) is 0 Å². The van der Waals surface area contributed by atoms with E-state index in [-0.39, 0.29) is 5.75 Å². The monoisotopic (exact) mass is 417 g/mol. The van der Waals surface area contributed by atoms with Gasteiger partial charge in [0.25, 0.3) is 5.91 Å². The van der Waals surface area contributed by atoms with Crippen molar-refractivity contribution in [2.24, 2.45) is 0 Å². The summed E-state index contributed by atoms with van der Waals surface area (Å²) < 4.78 is 7.13. The van der Waals surface area contributed by atoms with Crippen LogP contribution in [0.2, 0.25) is 0 Å². The van der Waals surface area contributed by atoms with Gasteiger partial charge in [-0.2, -0.15) is 0 Å². The summed E-state index contributed by atoms with van der Waals surface area (Å²) in [7, 11) is 1.39. The number of esters is 1. The number of hydrogen-bond donors (Lipinski definition) is 2. The second-order valence-electron chi connectivity index (χ2n) is 6.68. The molecular formula is C19H23N5O4S. The number of carbonyl (C=O) groups is 3. The first-order valence-corrected chi connectivity index (χ1v) is 10.3. The van der Waals surface area contributed by atoms with Crippen LogP contribution in [0.5, 0.6) is 0 Å². The van der Waals surface area contributed by atoms with Gasteiger partial charge in [-0.3, -0.25) is 14.9 Å². The third-order valence-electron chi connectivity index (χ3n) is 4.33. The van der Waals surface area contributed by atoms with Crippen LogP contribution >= 0.6 is 11.8 Å². The zero-order chi connectivity index (χ0) is 20.8. The highest BCUT2D eigenvalue weighted by atomic mass is 32.2. The van der Waals surface area contributed by atoms with Crippen molar-refractivity contribution in [1.29, 1.82) is 0 Å². The number of thioether (sulfide) groups is 1. The minimum absolute atomic E-state index is 0.0187. The highest BCUT2D eigenvalue weighted by Gasteiger charge is 2.30. The molecule has 1 aliphatic rings. The number of nitrogens with one attached hydrogen (secondary N) is 2. The lowest BCUT2D eigenvalue weighted by atomic mass is 10.2. The normalized spacial score (nSPS) is 14.1. The highest BCUT2D eigenvalue weighted by Crippen LogP contribution is 2.40. The Bertz CT molecular complexity index is 882. The molecule has 29 heavy (non-hydrogen) atoms. The van der Waals surface area contributed by atoms with Gasteiger partial charge in [0, 0.05) is 13.0 Å². The smallest absolute Gasteiger partial charge is 0.321 e. The van der Waals surface area contributed by atoms with E-state index in [1.165, 1.54) is 25.7 Å². The lowest BCUT2D eigenvalue weighted by molar-refractivity contribution is -0.151. The second-order valence-corrected chi connectivity index (χ2v) is 7.62. The van der Waals surface area contributed by atoms with Gasteiger partial charge in [0.15, 0.2) is 11.3 Å². The highest BCUT2D eigenvalue weighted by molar-refractivity contribution is 7.99. The molecule has 3 amide bonds. The molecule has 0 aliphatic heterocycles. The number of urea groups is 1. The van der Waals surface area contributed by atoms with Crippen molar-refractivity contribution in [3.8, 4) is 0 Å². The van der Waals surface area contributed by atoms with Crippen LogP contribution in [0.15, 0.2) is 35.5 Å². The Labute approximate surface area is 172 Å². The number of amides is 3. The standard InChI is InChI=1S/C19H23N5O4S/c1-12(17(26)21-18(27)20-2)28-15(25)11-29-19-23-22-16(14-8-9-14)24(19)10-13-6-4-3-5-7-13/h3-7,12,14H,8-11H2,1-2H3,(H2,20,21,26,27)/t12-/m0/s1. The SMILES string of the molecule is CNC(=O)NC(=O)[C@H](C)OC(=O)CSc1nnc(C2CC2)n1Cc1ccccc1. The van der Waals surface area contributed by atoms with Gasteiger partial charge in [0.05, 0.1) is 12.3 Å². The van der Waals surface area contributed by atoms with E-state index >= 15 is 0 Å². The summed E-state index contributed by atoms with van der Waals surface area (Å²) in [4.78, 5) is 35.1. The minimum Gasteiger partial charge on any atom is -0.452 e. The fourth-order valence-corrected chi connectivity index (χ4v) is 3.38. The molecule has 0 unspecified atom stereocenters. The van der Waals surface area contributed by atoms with Crippen molar-refractivity contribution in [1.82, 2.24) is 25.4 Å². The Hall–Kier alpha value is -2.88. The summed E-state index contributed by atoms with van der Waals surface area (Å²) in [6, 6.07) is 9.33. The van der Waals surface area contributed by atoms with E-state index in [1.54, 1.807) is 0 Å². The number of carbonyl (C=O) groups excluding carboxylic acids is 3. The first-order chi connectivity index (χ1) is 14.0. The van der Waals surface area contributed by atoms with Crippen LogP contribution < -0.4 is 10.6 Å². The second kappa shape index (κ2) is 9.55. The first-order valence-electron chi connectivity index (χ1n) is 9.29. The van der Waals surface area contributed by atoms with Crippen molar-refractivity contribution in [3.63, 3.8) is 0 Å². The molecule has 9 nitrogen and oxygen atoms in total. The average molecular weight is 417 g/mol. The van der Waals surface area contributed by atoms with Crippen LogP contribution in [0.3, 0.4) is 0 Å². The van der Waals surface area contributed by atoms with Gasteiger partial charge in [0.2, 0.25) is 0 Å². The molecule has 0 spiro atoms. The van der Waals surface area contributed by atoms with E-state index in [0.717, 1.165) is 24.2 Å². The number of imide groups is 1. The average Bonchev–Trinajstić information content (AvgIpc) is 3.48. The molecule has 1 aromatic heterocycles. The molecule has 1 atom stereocenters. The number of rotatable bonds is 8. The van der Waals surface area contributed by atoms with E-state index < -0.39 is 24.0 Å². The topological polar surface area (TPSA) is 115 Å². The molecule has 0 saturated heterocycles. The predicted molar refractivity (Wildman–Crippen MR) is 106 cm³/mol. The Balaban J connectivity index is 1.59. The van der Waals surface area contributed by atoms with Crippen LogP contribution in [-0.4, -0.2) is 51.6 Å². The third kappa shape index (κ3) is 5.80. The van der Waals surface area contributed by atoms with E-state index in [2.05, 4.69) is 20.8 Å². The van der Waals surface area contributed by atoms with Gasteiger partial charge >= 0.3 is 12.0 Å². The van der Waals surface area contributed by atoms with Crippen LogP contribution in [0.4, 0.5) is 4.79 Å². The third-order valence-corrected chi connectivity index (χ3v) is 5.27. The van der Waals surface area contributed by atoms with Gasteiger partial charge < -0.3 is 14.6 Å². The maximum Gasteiger partial charge on any atom is 0.321 e. The zero-order valence-electron chi connectivity index (χ0n) is 16.3. The van der Waals surface area contributed by atoms with Gasteiger partial charge in [-0.1, -0.05) is 42.1 Å². The zero-order valence-corrected chi connectivity index (χ0v) is 17.1. The van der Waals surface area contributed by atoms with Gasteiger partial charge in [0.1, 0.15) is 5.82 Å².